The van der Waals surface area contributed by atoms with Crippen LogP contribution in [-0.4, -0.2) is 47.0 Å². The first-order valence-corrected chi connectivity index (χ1v) is 8.10. The number of benzene rings is 1. The smallest absolute Gasteiger partial charge is 0.337 e. The molecule has 0 aromatic heterocycles. The molecule has 1 atom stereocenters. The molecular formula is C15H16N2O4S. The largest absolute Gasteiger partial charge is 0.465 e. The fraction of sp³-hybridized carbons (Fsp3) is 0.400. The van der Waals surface area contributed by atoms with E-state index in [9.17, 15) is 14.4 Å². The number of amides is 3. The van der Waals surface area contributed by atoms with Crippen molar-refractivity contribution in [1.29, 1.82) is 0 Å². The number of urea groups is 1. The molecule has 2 fully saturated rings. The number of carbonyl (C=O) groups excluding carboxylic acids is 3. The third-order valence-electron chi connectivity index (χ3n) is 3.98. The van der Waals surface area contributed by atoms with Gasteiger partial charge in [0.25, 0.3) is 5.91 Å². The number of nitrogens with zero attached hydrogens (tertiary/aromatic N) is 1. The van der Waals surface area contributed by atoms with E-state index in [0.29, 0.717) is 17.7 Å². The van der Waals surface area contributed by atoms with Crippen molar-refractivity contribution in [3.8, 4) is 0 Å². The molecule has 7 heteroatoms. The summed E-state index contributed by atoms with van der Waals surface area (Å²) in [5.74, 6) is 0.950. The van der Waals surface area contributed by atoms with Crippen LogP contribution >= 0.6 is 11.8 Å². The number of methoxy groups -OCH3 is 1. The van der Waals surface area contributed by atoms with Crippen LogP contribution in [0.1, 0.15) is 22.3 Å². The minimum atomic E-state index is -0.715. The van der Waals surface area contributed by atoms with Gasteiger partial charge >= 0.3 is 12.0 Å². The van der Waals surface area contributed by atoms with Gasteiger partial charge in [-0.1, -0.05) is 12.1 Å². The molecule has 0 aliphatic carbocycles. The van der Waals surface area contributed by atoms with Crippen LogP contribution in [0, 0.1) is 0 Å². The van der Waals surface area contributed by atoms with E-state index >= 15 is 0 Å². The summed E-state index contributed by atoms with van der Waals surface area (Å²) in [6.07, 6.45) is 0.681. The molecule has 0 radical (unpaired) electrons. The van der Waals surface area contributed by atoms with Crippen LogP contribution in [-0.2, 0) is 16.1 Å². The molecule has 0 unspecified atom stereocenters. The number of rotatable bonds is 3. The Bertz CT molecular complexity index is 623. The molecule has 3 amide bonds. The molecule has 116 valence electrons. The van der Waals surface area contributed by atoms with E-state index in [2.05, 4.69) is 10.1 Å². The topological polar surface area (TPSA) is 75.7 Å². The van der Waals surface area contributed by atoms with Crippen LogP contribution in [0.25, 0.3) is 0 Å². The van der Waals surface area contributed by atoms with Crippen LogP contribution in [0.4, 0.5) is 4.79 Å². The number of imide groups is 1. The van der Waals surface area contributed by atoms with Crippen LogP contribution in [0.3, 0.4) is 0 Å². The fourth-order valence-corrected chi connectivity index (χ4v) is 4.02. The lowest BCUT2D eigenvalue weighted by Gasteiger charge is -2.19. The van der Waals surface area contributed by atoms with E-state index < -0.39 is 11.5 Å². The van der Waals surface area contributed by atoms with Gasteiger partial charge in [0.2, 0.25) is 0 Å². The first kappa shape index (κ1) is 14.9. The summed E-state index contributed by atoms with van der Waals surface area (Å²) in [4.78, 5) is 37.2. The van der Waals surface area contributed by atoms with Gasteiger partial charge in [-0.25, -0.2) is 9.59 Å². The molecular weight excluding hydrogens is 304 g/mol. The van der Waals surface area contributed by atoms with Gasteiger partial charge in [0, 0.05) is 5.75 Å². The normalized spacial score (nSPS) is 24.0. The molecule has 2 aliphatic rings. The molecule has 0 bridgehead atoms. The minimum Gasteiger partial charge on any atom is -0.465 e. The number of hydrogen-bond acceptors (Lipinski definition) is 5. The molecule has 1 spiro atoms. The van der Waals surface area contributed by atoms with Crippen molar-refractivity contribution in [2.24, 2.45) is 0 Å². The van der Waals surface area contributed by atoms with Gasteiger partial charge < -0.3 is 10.1 Å². The van der Waals surface area contributed by atoms with Crippen LogP contribution in [0.15, 0.2) is 24.3 Å². The lowest BCUT2D eigenvalue weighted by atomic mass is 9.99. The summed E-state index contributed by atoms with van der Waals surface area (Å²) in [6.45, 7) is 0.207. The SMILES string of the molecule is COC(=O)c1ccc(CN2C(=O)N[C@]3(CCSC3)C2=O)cc1. The molecule has 22 heavy (non-hydrogen) atoms. The van der Waals surface area contributed by atoms with E-state index in [0.717, 1.165) is 11.3 Å². The maximum Gasteiger partial charge on any atom is 0.337 e. The average Bonchev–Trinajstić information content (AvgIpc) is 3.09. The first-order valence-electron chi connectivity index (χ1n) is 6.95. The lowest BCUT2D eigenvalue weighted by Crippen LogP contribution is -2.46. The Balaban J connectivity index is 1.74. The molecule has 6 nitrogen and oxygen atoms in total. The predicted molar refractivity (Wildman–Crippen MR) is 81.5 cm³/mol. The maximum absolute atomic E-state index is 12.5. The van der Waals surface area contributed by atoms with Crippen LogP contribution < -0.4 is 5.32 Å². The zero-order chi connectivity index (χ0) is 15.7. The Morgan fingerprint density at radius 1 is 1.36 bits per heavy atom. The van der Waals surface area contributed by atoms with Crippen molar-refractivity contribution in [2.45, 2.75) is 18.5 Å². The van der Waals surface area contributed by atoms with E-state index in [1.54, 1.807) is 36.0 Å². The standard InChI is InChI=1S/C15H16N2O4S/c1-21-12(18)11-4-2-10(3-5-11)8-17-13(19)15(16-14(17)20)6-7-22-9-15/h2-5H,6-9H2,1H3,(H,16,20)/t15-/m0/s1. The van der Waals surface area contributed by atoms with Crippen molar-refractivity contribution >= 4 is 29.7 Å². The molecule has 2 heterocycles. The average molecular weight is 320 g/mol. The summed E-state index contributed by atoms with van der Waals surface area (Å²) >= 11 is 1.68. The van der Waals surface area contributed by atoms with Gasteiger partial charge in [-0.2, -0.15) is 11.8 Å². The first-order chi connectivity index (χ1) is 10.6. The zero-order valence-electron chi connectivity index (χ0n) is 12.1. The van der Waals surface area contributed by atoms with Crippen molar-refractivity contribution in [3.05, 3.63) is 35.4 Å². The third-order valence-corrected chi connectivity index (χ3v) is 5.17. The zero-order valence-corrected chi connectivity index (χ0v) is 12.9. The van der Waals surface area contributed by atoms with Crippen LogP contribution in [0.5, 0.6) is 0 Å². The quantitative estimate of drug-likeness (QED) is 0.673. The van der Waals surface area contributed by atoms with E-state index in [1.807, 2.05) is 0 Å². The van der Waals surface area contributed by atoms with Gasteiger partial charge in [-0.3, -0.25) is 9.69 Å². The highest BCUT2D eigenvalue weighted by Gasteiger charge is 2.52. The van der Waals surface area contributed by atoms with Crippen molar-refractivity contribution < 1.29 is 19.1 Å². The number of ether oxygens (including phenoxy) is 1. The summed E-state index contributed by atoms with van der Waals surface area (Å²) in [5, 5.41) is 2.83. The highest BCUT2D eigenvalue weighted by atomic mass is 32.2. The molecule has 1 aromatic rings. The number of nitrogens with one attached hydrogen (secondary N) is 1. The summed E-state index contributed by atoms with van der Waals surface area (Å²) in [5.41, 5.74) is 0.513. The number of thioether (sulfide) groups is 1. The van der Waals surface area contributed by atoms with E-state index in [1.165, 1.54) is 12.0 Å². The summed E-state index contributed by atoms with van der Waals surface area (Å²) in [7, 11) is 1.32. The second-order valence-corrected chi connectivity index (χ2v) is 6.50. The van der Waals surface area contributed by atoms with E-state index in [-0.39, 0.29) is 18.5 Å². The van der Waals surface area contributed by atoms with Crippen molar-refractivity contribution in [2.75, 3.05) is 18.6 Å². The Hall–Kier alpha value is -2.02. The third kappa shape index (κ3) is 2.45. The Morgan fingerprint density at radius 3 is 2.68 bits per heavy atom. The molecule has 1 aromatic carbocycles. The monoisotopic (exact) mass is 320 g/mol. The van der Waals surface area contributed by atoms with Crippen molar-refractivity contribution in [3.63, 3.8) is 0 Å². The van der Waals surface area contributed by atoms with Gasteiger partial charge in [0.05, 0.1) is 19.2 Å². The van der Waals surface area contributed by atoms with Gasteiger partial charge in [-0.05, 0) is 29.9 Å². The maximum atomic E-state index is 12.5. The Kier molecular flexibility index (Phi) is 3.82. The van der Waals surface area contributed by atoms with Crippen molar-refractivity contribution in [1.82, 2.24) is 10.2 Å². The van der Waals surface area contributed by atoms with E-state index in [4.69, 9.17) is 0 Å². The summed E-state index contributed by atoms with van der Waals surface area (Å²) in [6, 6.07) is 6.36. The number of carbonyl (C=O) groups is 3. The van der Waals surface area contributed by atoms with Gasteiger partial charge in [0.15, 0.2) is 0 Å². The highest BCUT2D eigenvalue weighted by Crippen LogP contribution is 2.33. The Morgan fingerprint density at radius 2 is 2.09 bits per heavy atom. The lowest BCUT2D eigenvalue weighted by molar-refractivity contribution is -0.130. The van der Waals surface area contributed by atoms with Gasteiger partial charge in [-0.15, -0.1) is 0 Å². The van der Waals surface area contributed by atoms with Crippen LogP contribution in [0.2, 0.25) is 0 Å². The number of esters is 1. The van der Waals surface area contributed by atoms with Gasteiger partial charge in [0.1, 0.15) is 5.54 Å². The molecule has 2 aliphatic heterocycles. The second-order valence-electron chi connectivity index (χ2n) is 5.39. The number of hydrogen-bond donors (Lipinski definition) is 1. The Labute approximate surface area is 132 Å². The molecule has 2 saturated heterocycles. The molecule has 3 rings (SSSR count). The molecule has 1 N–H and O–H groups in total. The second kappa shape index (κ2) is 5.64. The summed E-state index contributed by atoms with van der Waals surface area (Å²) < 4.78 is 4.64. The molecule has 0 saturated carbocycles. The fourth-order valence-electron chi connectivity index (χ4n) is 2.70. The predicted octanol–water partition coefficient (Wildman–Crippen LogP) is 1.40. The minimum absolute atomic E-state index is 0.153. The highest BCUT2D eigenvalue weighted by molar-refractivity contribution is 7.99.